The van der Waals surface area contributed by atoms with Crippen molar-refractivity contribution >= 4 is 24.0 Å². The maximum Gasteiger partial charge on any atom is 0.260 e. The standard InChI is InChI=1S/C26H29N3O.ClH/c30-25(22-13-16-27-17-22)29(23-9-5-2-6-10-23)24-11-14-26(15-12-24)19-28(20-26)18-21-7-3-1-4-8-21;/h1-10,13,16-17,24,27H,11-12,14-15,18-20H2;1H. The van der Waals surface area contributed by atoms with E-state index in [0.29, 0.717) is 5.41 Å². The average molecular weight is 436 g/mol. The van der Waals surface area contributed by atoms with Crippen LogP contribution in [0.4, 0.5) is 5.69 Å². The molecule has 2 aliphatic rings. The summed E-state index contributed by atoms with van der Waals surface area (Å²) in [5.74, 6) is 0.0997. The van der Waals surface area contributed by atoms with Gasteiger partial charge in [-0.05, 0) is 54.9 Å². The lowest BCUT2D eigenvalue weighted by atomic mass is 9.67. The van der Waals surface area contributed by atoms with Gasteiger partial charge in [-0.3, -0.25) is 9.69 Å². The molecule has 0 unspecified atom stereocenters. The molecule has 0 radical (unpaired) electrons. The zero-order valence-electron chi connectivity index (χ0n) is 17.7. The quantitative estimate of drug-likeness (QED) is 0.572. The van der Waals surface area contributed by atoms with Crippen molar-refractivity contribution in [1.29, 1.82) is 0 Å². The fraction of sp³-hybridized carbons (Fsp3) is 0.346. The summed E-state index contributed by atoms with van der Waals surface area (Å²) in [4.78, 5) is 20.9. The molecule has 2 aromatic carbocycles. The normalized spacial score (nSPS) is 18.2. The minimum absolute atomic E-state index is 0. The number of nitrogens with one attached hydrogen (secondary N) is 1. The molecule has 2 fully saturated rings. The number of amides is 1. The second-order valence-corrected chi connectivity index (χ2v) is 8.97. The van der Waals surface area contributed by atoms with E-state index in [1.54, 1.807) is 6.20 Å². The first-order valence-corrected chi connectivity index (χ1v) is 11.0. The van der Waals surface area contributed by atoms with E-state index >= 15 is 0 Å². The fourth-order valence-corrected chi connectivity index (χ4v) is 5.32. The van der Waals surface area contributed by atoms with Crippen LogP contribution in [-0.4, -0.2) is 34.9 Å². The smallest absolute Gasteiger partial charge is 0.260 e. The third-order valence-corrected chi connectivity index (χ3v) is 6.85. The van der Waals surface area contributed by atoms with Crippen LogP contribution < -0.4 is 4.90 Å². The van der Waals surface area contributed by atoms with Gasteiger partial charge in [0.25, 0.3) is 5.91 Å². The number of carbonyl (C=O) groups is 1. The molecule has 1 saturated carbocycles. The average Bonchev–Trinajstić information content (AvgIpc) is 3.31. The Kier molecular flexibility index (Phi) is 6.49. The Bertz CT molecular complexity index is 958. The van der Waals surface area contributed by atoms with E-state index in [-0.39, 0.29) is 24.4 Å². The first kappa shape index (κ1) is 21.7. The Balaban J connectivity index is 0.00000231. The maximum absolute atomic E-state index is 13.3. The van der Waals surface area contributed by atoms with Crippen LogP contribution in [0.3, 0.4) is 0 Å². The van der Waals surface area contributed by atoms with Crippen molar-refractivity contribution < 1.29 is 4.79 Å². The van der Waals surface area contributed by atoms with Gasteiger partial charge in [-0.15, -0.1) is 12.4 Å². The predicted octanol–water partition coefficient (Wildman–Crippen LogP) is 5.53. The fourth-order valence-electron chi connectivity index (χ4n) is 5.32. The maximum atomic E-state index is 13.3. The van der Waals surface area contributed by atoms with Crippen LogP contribution >= 0.6 is 12.4 Å². The topological polar surface area (TPSA) is 39.3 Å². The van der Waals surface area contributed by atoms with E-state index in [1.165, 1.54) is 31.5 Å². The van der Waals surface area contributed by atoms with Crippen molar-refractivity contribution in [2.75, 3.05) is 18.0 Å². The number of H-pyrrole nitrogens is 1. The molecule has 5 heteroatoms. The van der Waals surface area contributed by atoms with Crippen LogP contribution in [0.1, 0.15) is 41.6 Å². The van der Waals surface area contributed by atoms with Crippen LogP contribution in [0.25, 0.3) is 0 Å². The van der Waals surface area contributed by atoms with Gasteiger partial charge in [-0.2, -0.15) is 0 Å². The third-order valence-electron chi connectivity index (χ3n) is 6.85. The molecule has 1 aromatic heterocycles. The van der Waals surface area contributed by atoms with Crippen LogP contribution in [0.15, 0.2) is 79.1 Å². The van der Waals surface area contributed by atoms with E-state index in [9.17, 15) is 4.79 Å². The first-order valence-electron chi connectivity index (χ1n) is 11.0. The van der Waals surface area contributed by atoms with Gasteiger partial charge in [-0.1, -0.05) is 48.5 Å². The highest BCUT2D eigenvalue weighted by Gasteiger charge is 2.46. The number of likely N-dealkylation sites (tertiary alicyclic amines) is 1. The molecule has 31 heavy (non-hydrogen) atoms. The summed E-state index contributed by atoms with van der Waals surface area (Å²) in [6, 6.07) is 23.0. The van der Waals surface area contributed by atoms with Crippen LogP contribution in [-0.2, 0) is 6.54 Å². The van der Waals surface area contributed by atoms with Crippen LogP contribution in [0.5, 0.6) is 0 Å². The van der Waals surface area contributed by atoms with E-state index in [1.807, 2.05) is 35.4 Å². The summed E-state index contributed by atoms with van der Waals surface area (Å²) in [6.07, 6.45) is 8.17. The number of hydrogen-bond donors (Lipinski definition) is 1. The highest BCUT2D eigenvalue weighted by Crippen LogP contribution is 2.46. The Labute approximate surface area is 190 Å². The van der Waals surface area contributed by atoms with Gasteiger partial charge in [0.15, 0.2) is 0 Å². The number of anilines is 1. The van der Waals surface area contributed by atoms with Gasteiger partial charge in [0, 0.05) is 43.8 Å². The molecule has 1 aliphatic carbocycles. The van der Waals surface area contributed by atoms with Crippen molar-refractivity contribution in [3.8, 4) is 0 Å². The number of halogens is 1. The summed E-state index contributed by atoms with van der Waals surface area (Å²) in [6.45, 7) is 3.42. The summed E-state index contributed by atoms with van der Waals surface area (Å²) < 4.78 is 0. The Hall–Kier alpha value is -2.56. The van der Waals surface area contributed by atoms with Crippen molar-refractivity contribution in [3.05, 3.63) is 90.3 Å². The number of hydrogen-bond acceptors (Lipinski definition) is 2. The zero-order chi connectivity index (χ0) is 20.4. The number of aromatic nitrogens is 1. The minimum Gasteiger partial charge on any atom is -0.367 e. The lowest BCUT2D eigenvalue weighted by Gasteiger charge is -2.54. The molecule has 1 saturated heterocycles. The molecule has 1 aliphatic heterocycles. The van der Waals surface area contributed by atoms with Crippen LogP contribution in [0.2, 0.25) is 0 Å². The van der Waals surface area contributed by atoms with Crippen molar-refractivity contribution in [1.82, 2.24) is 9.88 Å². The second-order valence-electron chi connectivity index (χ2n) is 8.97. The van der Waals surface area contributed by atoms with Crippen molar-refractivity contribution in [3.63, 3.8) is 0 Å². The highest BCUT2D eigenvalue weighted by molar-refractivity contribution is 6.06. The molecule has 1 spiro atoms. The van der Waals surface area contributed by atoms with Crippen LogP contribution in [0, 0.1) is 5.41 Å². The molecule has 3 aromatic rings. The molecule has 2 heterocycles. The molecular formula is C26H30ClN3O. The van der Waals surface area contributed by atoms with E-state index in [4.69, 9.17) is 0 Å². The predicted molar refractivity (Wildman–Crippen MR) is 128 cm³/mol. The van der Waals surface area contributed by atoms with Gasteiger partial charge in [-0.25, -0.2) is 0 Å². The molecule has 0 atom stereocenters. The molecule has 1 N–H and O–H groups in total. The molecule has 5 rings (SSSR count). The summed E-state index contributed by atoms with van der Waals surface area (Å²) in [5, 5.41) is 0. The third kappa shape index (κ3) is 4.56. The number of nitrogens with zero attached hydrogens (tertiary/aromatic N) is 2. The number of benzene rings is 2. The zero-order valence-corrected chi connectivity index (χ0v) is 18.6. The number of carbonyl (C=O) groups excluding carboxylic acids is 1. The second kappa shape index (κ2) is 9.29. The Morgan fingerprint density at radius 2 is 1.61 bits per heavy atom. The van der Waals surface area contributed by atoms with E-state index in [0.717, 1.165) is 30.6 Å². The van der Waals surface area contributed by atoms with Crippen molar-refractivity contribution in [2.24, 2.45) is 5.41 Å². The molecule has 4 nitrogen and oxygen atoms in total. The van der Waals surface area contributed by atoms with Crippen molar-refractivity contribution in [2.45, 2.75) is 38.3 Å². The Morgan fingerprint density at radius 3 is 2.23 bits per heavy atom. The monoisotopic (exact) mass is 435 g/mol. The number of rotatable bonds is 5. The summed E-state index contributed by atoms with van der Waals surface area (Å²) in [5.41, 5.74) is 3.58. The van der Waals surface area contributed by atoms with Gasteiger partial charge >= 0.3 is 0 Å². The summed E-state index contributed by atoms with van der Waals surface area (Å²) >= 11 is 0. The van der Waals surface area contributed by atoms with Gasteiger partial charge in [0.1, 0.15) is 0 Å². The lowest BCUT2D eigenvalue weighted by Crippen LogP contribution is -2.58. The van der Waals surface area contributed by atoms with Gasteiger partial charge < -0.3 is 9.88 Å². The largest absolute Gasteiger partial charge is 0.367 e. The Morgan fingerprint density at radius 1 is 0.968 bits per heavy atom. The highest BCUT2D eigenvalue weighted by atomic mass is 35.5. The number of aromatic amines is 1. The molecule has 0 bridgehead atoms. The minimum atomic E-state index is 0. The summed E-state index contributed by atoms with van der Waals surface area (Å²) in [7, 11) is 0. The SMILES string of the molecule is Cl.O=C(c1cc[nH]c1)N(c1ccccc1)C1CCC2(CC1)CN(Cc1ccccc1)C2. The van der Waals surface area contributed by atoms with Gasteiger partial charge in [0.05, 0.1) is 5.56 Å². The molecular weight excluding hydrogens is 406 g/mol. The van der Waals surface area contributed by atoms with E-state index < -0.39 is 0 Å². The molecule has 1 amide bonds. The number of para-hydroxylation sites is 1. The van der Waals surface area contributed by atoms with E-state index in [2.05, 4.69) is 52.3 Å². The molecule has 162 valence electrons. The van der Waals surface area contributed by atoms with Gasteiger partial charge in [0.2, 0.25) is 0 Å². The lowest BCUT2D eigenvalue weighted by molar-refractivity contribution is -0.0365. The first-order chi connectivity index (χ1) is 14.7.